The Morgan fingerprint density at radius 3 is 1.06 bits per heavy atom. The number of halogens is 8. The van der Waals surface area contributed by atoms with Gasteiger partial charge in [-0.1, -0.05) is 166 Å². The van der Waals surface area contributed by atoms with Gasteiger partial charge in [-0.2, -0.15) is 23.7 Å². The molecule has 0 radical (unpaired) electrons. The molecule has 6 aromatic heterocycles. The summed E-state index contributed by atoms with van der Waals surface area (Å²) in [7, 11) is 0. The normalized spacial score (nSPS) is 11.3. The lowest BCUT2D eigenvalue weighted by molar-refractivity contribution is -0.137. The molecule has 0 spiro atoms. The quantitative estimate of drug-likeness (QED) is 0.0864. The van der Waals surface area contributed by atoms with Crippen LogP contribution in [-0.4, -0.2) is 34.9 Å². The number of pyridine rings is 5. The lowest BCUT2D eigenvalue weighted by Crippen LogP contribution is -2.10. The SMILES string of the molecule is CC(C)c1cc(C(F)(F)F)cc(C(C)C)n1.CC(C)c1ccc(F)c(C(C)C)n1.CC(C)c1nc(C(C)C)c(C#N)cc1F.CC(C)c1nc(C(C)C)c(F)cc1F.CC(C)c1ncc(F)c(C(C)C)n1.[C-]#[N+]c1cc(C#N)c(C(C)C)nc1C(C)C. The van der Waals surface area contributed by atoms with E-state index in [4.69, 9.17) is 17.1 Å². The molecule has 6 heterocycles. The molecule has 0 saturated heterocycles. The molecule has 6 rings (SSSR count). The van der Waals surface area contributed by atoms with Gasteiger partial charge in [-0.3, -0.25) is 24.9 Å². The van der Waals surface area contributed by atoms with Gasteiger partial charge in [0, 0.05) is 29.1 Å². The summed E-state index contributed by atoms with van der Waals surface area (Å²) >= 11 is 0. The fourth-order valence-electron chi connectivity index (χ4n) is 7.94. The van der Waals surface area contributed by atoms with E-state index in [1.807, 2.05) is 158 Å². The van der Waals surface area contributed by atoms with E-state index < -0.39 is 23.4 Å². The topological polar surface area (TPSA) is 142 Å². The van der Waals surface area contributed by atoms with Crippen LogP contribution in [0.2, 0.25) is 0 Å². The van der Waals surface area contributed by atoms with Gasteiger partial charge in [-0.15, -0.1) is 0 Å². The Bertz CT molecular complexity index is 3130. The predicted molar refractivity (Wildman–Crippen MR) is 333 cm³/mol. The summed E-state index contributed by atoms with van der Waals surface area (Å²) in [5.74, 6) is 0.129. The van der Waals surface area contributed by atoms with Crippen molar-refractivity contribution in [3.63, 3.8) is 0 Å². The summed E-state index contributed by atoms with van der Waals surface area (Å²) in [6.45, 7) is 53.4. The summed E-state index contributed by atoms with van der Waals surface area (Å²) < 4.78 is 104. The molecule has 0 aromatic carbocycles. The first-order valence-corrected chi connectivity index (χ1v) is 29.7. The molecular formula is C69H92F8N10. The number of rotatable bonds is 12. The van der Waals surface area contributed by atoms with Gasteiger partial charge < -0.3 is 0 Å². The van der Waals surface area contributed by atoms with Crippen molar-refractivity contribution in [3.05, 3.63) is 174 Å². The van der Waals surface area contributed by atoms with Crippen LogP contribution in [0.3, 0.4) is 0 Å². The Morgan fingerprint density at radius 1 is 0.368 bits per heavy atom. The van der Waals surface area contributed by atoms with Crippen LogP contribution in [0.15, 0.2) is 48.7 Å². The van der Waals surface area contributed by atoms with Gasteiger partial charge in [0.15, 0.2) is 5.82 Å². The van der Waals surface area contributed by atoms with Gasteiger partial charge >= 0.3 is 6.18 Å². The van der Waals surface area contributed by atoms with Crippen molar-refractivity contribution in [1.82, 2.24) is 34.9 Å². The zero-order chi connectivity index (χ0) is 67.3. The summed E-state index contributed by atoms with van der Waals surface area (Å²) in [5, 5.41) is 17.9. The Morgan fingerprint density at radius 2 is 0.713 bits per heavy atom. The molecule has 0 atom stereocenters. The number of aromatic nitrogens is 7. The highest BCUT2D eigenvalue weighted by Gasteiger charge is 2.32. The molecular weight excluding hydrogens is 1120 g/mol. The standard InChI is InChI=1S/C13H15N3.C12H16F3N.C12H15FN2.C11H15F2N.C11H16FN.C10H15FN2/c1-8(2)12-10(7-14)6-11(15-5)13(16-12)9(3)4;1-7(2)10-5-9(12(13,14)15)6-11(16-10)8(3)4;1-7(2)11-9(6-14)5-10(13)12(15-11)8(3)4;1-6(2)10-8(12)5-9(13)11(14-10)7(3)4;1-7(2)10-6-5-9(12)11(13-10)8(3)4;1-6(2)9-8(11)5-12-10(13-9)7(3)4/h6,8-9H,1-4H3;5-8H,1-4H3;5,7-8H,1-4H3;5-7H,1-4H3;5-8H,1-4H3;5-7H,1-4H3. The number of nitrogens with zero attached hydrogens (tertiary/aromatic N) is 10. The number of hydrogen-bond acceptors (Lipinski definition) is 9. The van der Waals surface area contributed by atoms with Gasteiger partial charge in [0.2, 0.25) is 5.69 Å². The van der Waals surface area contributed by atoms with Crippen LogP contribution in [0.1, 0.15) is 322 Å². The summed E-state index contributed by atoms with van der Waals surface area (Å²) in [4.78, 5) is 32.8. The van der Waals surface area contributed by atoms with E-state index in [0.717, 1.165) is 35.3 Å². The molecule has 6 aromatic rings. The highest BCUT2D eigenvalue weighted by molar-refractivity contribution is 5.56. The van der Waals surface area contributed by atoms with Gasteiger partial charge in [-0.05, 0) is 101 Å². The van der Waals surface area contributed by atoms with E-state index in [1.165, 1.54) is 18.3 Å². The molecule has 87 heavy (non-hydrogen) atoms. The second-order valence-electron chi connectivity index (χ2n) is 24.8. The number of alkyl halides is 3. The van der Waals surface area contributed by atoms with Crippen LogP contribution in [0.25, 0.3) is 4.85 Å². The lowest BCUT2D eigenvalue weighted by Gasteiger charge is -2.14. The monoisotopic (exact) mass is 1210 g/mol. The minimum Gasteiger partial charge on any atom is -0.268 e. The molecule has 0 aliphatic heterocycles. The van der Waals surface area contributed by atoms with Crippen LogP contribution >= 0.6 is 0 Å². The minimum absolute atomic E-state index is 0.000185. The maximum Gasteiger partial charge on any atom is 0.416 e. The van der Waals surface area contributed by atoms with Crippen LogP contribution in [-0.2, 0) is 6.18 Å². The molecule has 0 bridgehead atoms. The third kappa shape index (κ3) is 24.1. The third-order valence-electron chi connectivity index (χ3n) is 13.0. The summed E-state index contributed by atoms with van der Waals surface area (Å²) in [6.07, 6.45) is -3.03. The second kappa shape index (κ2) is 35.5. The molecule has 0 aliphatic carbocycles. The first-order valence-electron chi connectivity index (χ1n) is 29.7. The van der Waals surface area contributed by atoms with E-state index in [2.05, 4.69) is 59.6 Å². The van der Waals surface area contributed by atoms with E-state index >= 15 is 0 Å². The maximum atomic E-state index is 13.5. The summed E-state index contributed by atoms with van der Waals surface area (Å²) in [6, 6.07) is 13.5. The van der Waals surface area contributed by atoms with Gasteiger partial charge in [0.1, 0.15) is 35.2 Å². The average Bonchev–Trinajstić information content (AvgIpc) is 3.56. The van der Waals surface area contributed by atoms with Crippen LogP contribution in [0, 0.1) is 58.3 Å². The van der Waals surface area contributed by atoms with Gasteiger partial charge in [0.05, 0.1) is 81.1 Å². The van der Waals surface area contributed by atoms with Gasteiger partial charge in [0.25, 0.3) is 0 Å². The molecule has 0 saturated carbocycles. The van der Waals surface area contributed by atoms with E-state index in [0.29, 0.717) is 74.1 Å². The molecule has 0 unspecified atom stereocenters. The Balaban J connectivity index is 0.000000523. The molecule has 10 nitrogen and oxygen atoms in total. The van der Waals surface area contributed by atoms with Crippen molar-refractivity contribution in [2.45, 2.75) is 243 Å². The predicted octanol–water partition coefficient (Wildman–Crippen LogP) is 21.4. The Labute approximate surface area is 514 Å². The van der Waals surface area contributed by atoms with Crippen molar-refractivity contribution in [1.29, 1.82) is 10.5 Å². The zero-order valence-electron chi connectivity index (χ0n) is 55.5. The molecule has 18 heteroatoms. The molecule has 0 aliphatic rings. The number of nitriles is 2. The molecule has 0 fully saturated rings. The Kier molecular flexibility index (Phi) is 31.7. The largest absolute Gasteiger partial charge is 0.416 e. The maximum absolute atomic E-state index is 13.5. The van der Waals surface area contributed by atoms with Crippen molar-refractivity contribution in [3.8, 4) is 12.1 Å². The molecule has 0 N–H and O–H groups in total. The van der Waals surface area contributed by atoms with Crippen LogP contribution in [0.4, 0.5) is 40.8 Å². The highest BCUT2D eigenvalue weighted by atomic mass is 19.4. The summed E-state index contributed by atoms with van der Waals surface area (Å²) in [5.41, 5.74) is 7.19. The third-order valence-corrected chi connectivity index (χ3v) is 13.0. The lowest BCUT2D eigenvalue weighted by atomic mass is 10.00. The van der Waals surface area contributed by atoms with E-state index in [1.54, 1.807) is 12.1 Å². The first-order chi connectivity index (χ1) is 40.2. The smallest absolute Gasteiger partial charge is 0.268 e. The van der Waals surface area contributed by atoms with E-state index in [-0.39, 0.29) is 82.5 Å². The van der Waals surface area contributed by atoms with E-state index in [9.17, 15) is 35.1 Å². The van der Waals surface area contributed by atoms with Crippen molar-refractivity contribution < 1.29 is 35.1 Å². The van der Waals surface area contributed by atoms with Crippen LogP contribution in [0.5, 0.6) is 0 Å². The van der Waals surface area contributed by atoms with Gasteiger partial charge in [-0.25, -0.2) is 36.8 Å². The highest BCUT2D eigenvalue weighted by Crippen LogP contribution is 2.34. The Hall–Kier alpha value is -7.26. The fraction of sp³-hybridized carbons (Fsp3) is 0.536. The van der Waals surface area contributed by atoms with Crippen molar-refractivity contribution in [2.24, 2.45) is 0 Å². The first kappa shape index (κ1) is 77.8. The molecule has 474 valence electrons. The average molecular weight is 1210 g/mol. The number of hydrogen-bond donors (Lipinski definition) is 0. The van der Waals surface area contributed by atoms with Crippen molar-refractivity contribution >= 4 is 5.69 Å². The van der Waals surface area contributed by atoms with Crippen molar-refractivity contribution in [2.75, 3.05) is 0 Å². The van der Waals surface area contributed by atoms with Crippen LogP contribution < -0.4 is 0 Å². The second-order valence-corrected chi connectivity index (χ2v) is 24.8. The fourth-order valence-corrected chi connectivity index (χ4v) is 7.94. The molecule has 0 amide bonds. The minimum atomic E-state index is -4.30. The zero-order valence-corrected chi connectivity index (χ0v) is 55.5.